The zero-order valence-electron chi connectivity index (χ0n) is 19.1. The summed E-state index contributed by atoms with van der Waals surface area (Å²) in [7, 11) is 0. The number of piperidine rings is 1. The molecule has 0 saturated carbocycles. The van der Waals surface area contributed by atoms with Gasteiger partial charge in [-0.2, -0.15) is 0 Å². The fourth-order valence-electron chi connectivity index (χ4n) is 4.13. The molecule has 4 rings (SSSR count). The van der Waals surface area contributed by atoms with E-state index in [2.05, 4.69) is 17.0 Å². The van der Waals surface area contributed by atoms with E-state index in [0.717, 1.165) is 37.4 Å². The van der Waals surface area contributed by atoms with Crippen molar-refractivity contribution in [3.05, 3.63) is 82.3 Å². The first-order valence-electron chi connectivity index (χ1n) is 11.1. The third-order valence-corrected chi connectivity index (χ3v) is 6.39. The van der Waals surface area contributed by atoms with Gasteiger partial charge in [-0.25, -0.2) is 0 Å². The molecule has 0 aliphatic carbocycles. The fourth-order valence-corrected chi connectivity index (χ4v) is 4.74. The lowest BCUT2D eigenvalue weighted by atomic mass is 9.89. The Morgan fingerprint density at radius 3 is 2.09 bits per heavy atom. The third kappa shape index (κ3) is 8.35. The highest BCUT2D eigenvalue weighted by Gasteiger charge is 2.23. The monoisotopic (exact) mass is 558 g/mol. The van der Waals surface area contributed by atoms with E-state index in [1.807, 2.05) is 42.5 Å². The SMILES string of the molecule is Cl.Cl.Nc1cc(Cl)c(OC[C@@H](O)CN2CCC(c3ccc(Oc4ccccc4)cc3)CC2)c(Cl)c1. The Bertz CT molecular complexity index is 1020. The lowest BCUT2D eigenvalue weighted by molar-refractivity contribution is 0.0595. The molecule has 5 nitrogen and oxygen atoms in total. The molecule has 9 heteroatoms. The lowest BCUT2D eigenvalue weighted by Crippen LogP contribution is -2.40. The summed E-state index contributed by atoms with van der Waals surface area (Å²) in [6.45, 7) is 2.51. The maximum atomic E-state index is 10.4. The number of hydrogen-bond acceptors (Lipinski definition) is 5. The number of likely N-dealkylation sites (tertiary alicyclic amines) is 1. The number of aliphatic hydroxyl groups is 1. The first-order valence-corrected chi connectivity index (χ1v) is 11.8. The van der Waals surface area contributed by atoms with Gasteiger partial charge in [-0.05, 0) is 73.8 Å². The van der Waals surface area contributed by atoms with Crippen molar-refractivity contribution in [3.63, 3.8) is 0 Å². The van der Waals surface area contributed by atoms with Crippen molar-refractivity contribution in [2.45, 2.75) is 24.9 Å². The van der Waals surface area contributed by atoms with E-state index in [0.29, 0.717) is 33.9 Å². The maximum Gasteiger partial charge on any atom is 0.156 e. The molecule has 0 amide bonds. The molecule has 1 atom stereocenters. The van der Waals surface area contributed by atoms with Gasteiger partial charge in [0.1, 0.15) is 24.2 Å². The van der Waals surface area contributed by atoms with Gasteiger partial charge in [0.25, 0.3) is 0 Å². The number of nitrogens with two attached hydrogens (primary N) is 1. The fraction of sp³-hybridized carbons (Fsp3) is 0.308. The maximum absolute atomic E-state index is 10.4. The molecule has 35 heavy (non-hydrogen) atoms. The number of aliphatic hydroxyl groups excluding tert-OH is 1. The summed E-state index contributed by atoms with van der Waals surface area (Å²) in [5, 5.41) is 11.1. The number of nitrogen functional groups attached to an aromatic ring is 1. The minimum Gasteiger partial charge on any atom is -0.488 e. The summed E-state index contributed by atoms with van der Waals surface area (Å²) in [6, 6.07) is 21.3. The highest BCUT2D eigenvalue weighted by atomic mass is 35.5. The molecule has 190 valence electrons. The second kappa shape index (κ2) is 14.0. The summed E-state index contributed by atoms with van der Waals surface area (Å²) in [5.41, 5.74) is 7.51. The Balaban J connectivity index is 0.00000216. The van der Waals surface area contributed by atoms with Gasteiger partial charge in [0.15, 0.2) is 5.75 Å². The molecule has 0 bridgehead atoms. The first-order chi connectivity index (χ1) is 16.0. The number of benzene rings is 3. The van der Waals surface area contributed by atoms with E-state index < -0.39 is 6.10 Å². The van der Waals surface area contributed by atoms with Gasteiger partial charge in [0.2, 0.25) is 0 Å². The summed E-state index contributed by atoms with van der Waals surface area (Å²) in [5.74, 6) is 2.53. The van der Waals surface area contributed by atoms with Crippen LogP contribution < -0.4 is 15.2 Å². The molecule has 0 unspecified atom stereocenters. The minimum absolute atomic E-state index is 0. The summed E-state index contributed by atoms with van der Waals surface area (Å²) >= 11 is 12.3. The van der Waals surface area contributed by atoms with E-state index in [9.17, 15) is 5.11 Å². The molecule has 0 radical (unpaired) electrons. The van der Waals surface area contributed by atoms with Crippen LogP contribution in [0.3, 0.4) is 0 Å². The van der Waals surface area contributed by atoms with Crippen LogP contribution >= 0.6 is 48.0 Å². The molecule has 1 saturated heterocycles. The van der Waals surface area contributed by atoms with E-state index >= 15 is 0 Å². The molecule has 1 heterocycles. The van der Waals surface area contributed by atoms with Crippen molar-refractivity contribution < 1.29 is 14.6 Å². The van der Waals surface area contributed by atoms with Crippen molar-refractivity contribution >= 4 is 53.7 Å². The van der Waals surface area contributed by atoms with Gasteiger partial charge in [-0.15, -0.1) is 24.8 Å². The van der Waals surface area contributed by atoms with Crippen LogP contribution in [-0.2, 0) is 0 Å². The minimum atomic E-state index is -0.638. The number of para-hydroxylation sites is 1. The summed E-state index contributed by atoms with van der Waals surface area (Å²) in [6.07, 6.45) is 1.45. The summed E-state index contributed by atoms with van der Waals surface area (Å²) in [4.78, 5) is 2.27. The van der Waals surface area contributed by atoms with E-state index in [4.69, 9.17) is 38.4 Å². The smallest absolute Gasteiger partial charge is 0.156 e. The zero-order valence-corrected chi connectivity index (χ0v) is 22.3. The number of rotatable bonds is 8. The van der Waals surface area contributed by atoms with Crippen LogP contribution in [0.15, 0.2) is 66.7 Å². The molecule has 3 N–H and O–H groups in total. The molecular formula is C26H30Cl4N2O3. The molecule has 1 fully saturated rings. The number of halogens is 4. The van der Waals surface area contributed by atoms with Crippen LogP contribution in [0.1, 0.15) is 24.3 Å². The Kier molecular flexibility index (Phi) is 11.8. The third-order valence-electron chi connectivity index (χ3n) is 5.83. The van der Waals surface area contributed by atoms with Gasteiger partial charge in [-0.1, -0.05) is 53.5 Å². The Hall–Kier alpha value is -1.86. The quantitative estimate of drug-likeness (QED) is 0.296. The van der Waals surface area contributed by atoms with Crippen molar-refractivity contribution in [1.82, 2.24) is 4.90 Å². The number of hydrogen-bond donors (Lipinski definition) is 2. The van der Waals surface area contributed by atoms with Gasteiger partial charge < -0.3 is 25.2 Å². The van der Waals surface area contributed by atoms with E-state index in [1.165, 1.54) is 5.56 Å². The largest absolute Gasteiger partial charge is 0.488 e. The second-order valence-corrected chi connectivity index (χ2v) is 9.15. The molecule has 0 spiro atoms. The van der Waals surface area contributed by atoms with Crippen molar-refractivity contribution in [2.75, 3.05) is 32.0 Å². The Morgan fingerprint density at radius 1 is 0.914 bits per heavy atom. The van der Waals surface area contributed by atoms with Gasteiger partial charge in [-0.3, -0.25) is 0 Å². The van der Waals surface area contributed by atoms with Crippen molar-refractivity contribution in [2.24, 2.45) is 0 Å². The zero-order chi connectivity index (χ0) is 23.2. The van der Waals surface area contributed by atoms with Gasteiger partial charge in [0, 0.05) is 12.2 Å². The van der Waals surface area contributed by atoms with Gasteiger partial charge >= 0.3 is 0 Å². The van der Waals surface area contributed by atoms with Crippen LogP contribution in [0.5, 0.6) is 17.2 Å². The topological polar surface area (TPSA) is 68.0 Å². The average molecular weight is 560 g/mol. The van der Waals surface area contributed by atoms with Crippen LogP contribution in [0, 0.1) is 0 Å². The first kappa shape index (κ1) is 29.4. The van der Waals surface area contributed by atoms with Crippen molar-refractivity contribution in [3.8, 4) is 17.2 Å². The number of ether oxygens (including phenoxy) is 2. The molecule has 1 aliphatic rings. The molecule has 0 aromatic heterocycles. The predicted molar refractivity (Wildman–Crippen MR) is 148 cm³/mol. The molecule has 1 aliphatic heterocycles. The average Bonchev–Trinajstić information content (AvgIpc) is 2.80. The molecule has 3 aromatic rings. The van der Waals surface area contributed by atoms with E-state index in [-0.39, 0.29) is 31.4 Å². The number of β-amino-alcohol motifs (C(OH)–C–C–N with tert-alkyl or cyclic N) is 1. The highest BCUT2D eigenvalue weighted by molar-refractivity contribution is 6.37. The molecular weight excluding hydrogens is 530 g/mol. The summed E-state index contributed by atoms with van der Waals surface area (Å²) < 4.78 is 11.5. The second-order valence-electron chi connectivity index (χ2n) is 8.34. The Labute approximate surface area is 228 Å². The Morgan fingerprint density at radius 2 is 1.49 bits per heavy atom. The number of anilines is 1. The highest BCUT2D eigenvalue weighted by Crippen LogP contribution is 2.35. The van der Waals surface area contributed by atoms with Crippen LogP contribution in [0.2, 0.25) is 10.0 Å². The normalized spacial score (nSPS) is 14.9. The van der Waals surface area contributed by atoms with E-state index in [1.54, 1.807) is 12.1 Å². The number of nitrogens with zero attached hydrogens (tertiary/aromatic N) is 1. The molecule has 3 aromatic carbocycles. The van der Waals surface area contributed by atoms with Gasteiger partial charge in [0.05, 0.1) is 10.0 Å². The standard InChI is InChI=1S/C26H28Cl2N2O3.2ClH/c27-24-14-20(29)15-25(28)26(24)32-17-21(31)16-30-12-10-19(11-13-30)18-6-8-23(9-7-18)33-22-4-2-1-3-5-22;;/h1-9,14-15,19,21,31H,10-13,16-17,29H2;2*1H/t21-;;/m0../s1. The van der Waals surface area contributed by atoms with Crippen LogP contribution in [0.25, 0.3) is 0 Å². The predicted octanol–water partition coefficient (Wildman–Crippen LogP) is 6.83. The van der Waals surface area contributed by atoms with Crippen LogP contribution in [-0.4, -0.2) is 42.4 Å². The van der Waals surface area contributed by atoms with Crippen molar-refractivity contribution in [1.29, 1.82) is 0 Å². The lowest BCUT2D eigenvalue weighted by Gasteiger charge is -2.33. The van der Waals surface area contributed by atoms with Crippen LogP contribution in [0.4, 0.5) is 5.69 Å².